The van der Waals surface area contributed by atoms with Gasteiger partial charge in [0.1, 0.15) is 18.8 Å². The van der Waals surface area contributed by atoms with Crippen LogP contribution in [-0.2, 0) is 6.54 Å². The average Bonchev–Trinajstić information content (AvgIpc) is 2.96. The van der Waals surface area contributed by atoms with E-state index in [4.69, 9.17) is 4.74 Å². The molecule has 0 bridgehead atoms. The molecule has 3 heterocycles. The predicted octanol–water partition coefficient (Wildman–Crippen LogP) is 4.74. The number of anilines is 1. The van der Waals surface area contributed by atoms with Crippen LogP contribution in [0.25, 0.3) is 10.4 Å². The molecule has 1 aliphatic heterocycles. The third-order valence-electron chi connectivity index (χ3n) is 4.73. The number of hydrogen-bond donors (Lipinski definition) is 1. The number of ether oxygens (including phenoxy) is 1. The van der Waals surface area contributed by atoms with Gasteiger partial charge in [0.25, 0.3) is 0 Å². The Kier molecular flexibility index (Phi) is 4.74. The van der Waals surface area contributed by atoms with Crippen LogP contribution >= 0.6 is 11.3 Å². The fourth-order valence-corrected chi connectivity index (χ4v) is 4.13. The van der Waals surface area contributed by atoms with E-state index in [0.717, 1.165) is 27.5 Å². The van der Waals surface area contributed by atoms with Crippen LogP contribution in [-0.4, -0.2) is 28.2 Å². The summed E-state index contributed by atoms with van der Waals surface area (Å²) in [5.41, 5.74) is 3.01. The van der Waals surface area contributed by atoms with Gasteiger partial charge in [0.15, 0.2) is 11.5 Å². The summed E-state index contributed by atoms with van der Waals surface area (Å²) in [6.07, 6.45) is 1.62. The summed E-state index contributed by atoms with van der Waals surface area (Å²) in [6, 6.07) is 10.1. The van der Waals surface area contributed by atoms with Crippen molar-refractivity contribution >= 4 is 17.2 Å². The molecule has 27 heavy (non-hydrogen) atoms. The minimum Gasteiger partial charge on any atom is -0.504 e. The largest absolute Gasteiger partial charge is 0.504 e. The van der Waals surface area contributed by atoms with Crippen molar-refractivity contribution in [2.24, 2.45) is 0 Å². The van der Waals surface area contributed by atoms with Gasteiger partial charge in [-0.3, -0.25) is 0 Å². The van der Waals surface area contributed by atoms with Gasteiger partial charge in [-0.2, -0.15) is 0 Å². The first kappa shape index (κ1) is 17.8. The Hall–Kier alpha value is -2.60. The van der Waals surface area contributed by atoms with E-state index in [2.05, 4.69) is 53.8 Å². The quantitative estimate of drug-likeness (QED) is 0.710. The summed E-state index contributed by atoms with van der Waals surface area (Å²) in [6.45, 7) is 8.18. The number of aromatic nitrogens is 2. The minimum atomic E-state index is 0.195. The predicted molar refractivity (Wildman–Crippen MR) is 109 cm³/mol. The smallest absolute Gasteiger partial charge is 0.166 e. The normalized spacial score (nSPS) is 14.0. The van der Waals surface area contributed by atoms with Gasteiger partial charge in [0.2, 0.25) is 0 Å². The number of aromatic hydroxyl groups is 1. The van der Waals surface area contributed by atoms with Crippen LogP contribution in [0.4, 0.5) is 5.82 Å². The number of rotatable bonds is 3. The fraction of sp³-hybridized carbons (Fsp3) is 0.333. The fourth-order valence-electron chi connectivity index (χ4n) is 3.28. The van der Waals surface area contributed by atoms with Crippen molar-refractivity contribution in [2.45, 2.75) is 33.2 Å². The van der Waals surface area contributed by atoms with E-state index in [1.807, 2.05) is 6.07 Å². The highest BCUT2D eigenvalue weighted by atomic mass is 32.1. The van der Waals surface area contributed by atoms with Gasteiger partial charge in [-0.15, -0.1) is 11.3 Å². The molecule has 4 rings (SSSR count). The SMILES string of the molecule is Cc1ccc(-c2cc(O)c3c(c2)CN(c2cc(C(C)C)ncn2)CCO3)s1. The van der Waals surface area contributed by atoms with E-state index < -0.39 is 0 Å². The molecule has 1 aliphatic rings. The van der Waals surface area contributed by atoms with Crippen LogP contribution in [0.15, 0.2) is 36.7 Å². The molecule has 0 saturated carbocycles. The summed E-state index contributed by atoms with van der Waals surface area (Å²) in [7, 11) is 0. The zero-order valence-corrected chi connectivity index (χ0v) is 16.6. The van der Waals surface area contributed by atoms with Crippen LogP contribution in [0, 0.1) is 6.92 Å². The third-order valence-corrected chi connectivity index (χ3v) is 5.78. The third kappa shape index (κ3) is 3.62. The van der Waals surface area contributed by atoms with Gasteiger partial charge in [-0.05, 0) is 42.7 Å². The second-order valence-electron chi connectivity index (χ2n) is 7.12. The van der Waals surface area contributed by atoms with Gasteiger partial charge in [-0.25, -0.2) is 9.97 Å². The van der Waals surface area contributed by atoms with Crippen LogP contribution in [0.3, 0.4) is 0 Å². The molecule has 0 atom stereocenters. The van der Waals surface area contributed by atoms with Crippen molar-refractivity contribution in [1.29, 1.82) is 0 Å². The number of aryl methyl sites for hydroxylation is 1. The molecule has 0 fully saturated rings. The highest BCUT2D eigenvalue weighted by Crippen LogP contribution is 2.39. The number of thiophene rings is 1. The van der Waals surface area contributed by atoms with Crippen molar-refractivity contribution in [3.63, 3.8) is 0 Å². The molecule has 0 aliphatic carbocycles. The maximum Gasteiger partial charge on any atom is 0.166 e. The number of benzene rings is 1. The lowest BCUT2D eigenvalue weighted by atomic mass is 10.1. The second-order valence-corrected chi connectivity index (χ2v) is 8.41. The Labute approximate surface area is 163 Å². The number of phenolic OH excluding ortho intramolecular Hbond substituents is 1. The molecule has 6 heteroatoms. The van der Waals surface area contributed by atoms with Gasteiger partial charge in [0, 0.05) is 33.6 Å². The Morgan fingerprint density at radius 3 is 2.78 bits per heavy atom. The lowest BCUT2D eigenvalue weighted by molar-refractivity contribution is 0.311. The van der Waals surface area contributed by atoms with Crippen molar-refractivity contribution in [2.75, 3.05) is 18.1 Å². The Balaban J connectivity index is 1.70. The zero-order valence-electron chi connectivity index (χ0n) is 15.8. The molecule has 0 unspecified atom stereocenters. The van der Waals surface area contributed by atoms with Gasteiger partial charge >= 0.3 is 0 Å². The number of fused-ring (bicyclic) bond motifs is 1. The highest BCUT2D eigenvalue weighted by molar-refractivity contribution is 7.15. The summed E-state index contributed by atoms with van der Waals surface area (Å²) in [4.78, 5) is 13.4. The lowest BCUT2D eigenvalue weighted by Crippen LogP contribution is -2.26. The molecule has 0 saturated heterocycles. The molecule has 0 radical (unpaired) electrons. The summed E-state index contributed by atoms with van der Waals surface area (Å²) in [5.74, 6) is 2.01. The van der Waals surface area contributed by atoms with Crippen molar-refractivity contribution < 1.29 is 9.84 Å². The van der Waals surface area contributed by atoms with E-state index in [1.165, 1.54) is 4.88 Å². The molecular formula is C21H23N3O2S. The van der Waals surface area contributed by atoms with Crippen molar-refractivity contribution in [3.8, 4) is 21.9 Å². The Morgan fingerprint density at radius 1 is 1.19 bits per heavy atom. The number of nitrogens with zero attached hydrogens (tertiary/aromatic N) is 3. The highest BCUT2D eigenvalue weighted by Gasteiger charge is 2.21. The van der Waals surface area contributed by atoms with E-state index in [1.54, 1.807) is 23.7 Å². The summed E-state index contributed by atoms with van der Waals surface area (Å²) < 4.78 is 5.87. The van der Waals surface area contributed by atoms with E-state index in [0.29, 0.717) is 31.4 Å². The van der Waals surface area contributed by atoms with Gasteiger partial charge in [-0.1, -0.05) is 13.8 Å². The van der Waals surface area contributed by atoms with E-state index >= 15 is 0 Å². The van der Waals surface area contributed by atoms with Crippen LogP contribution in [0.2, 0.25) is 0 Å². The molecule has 5 nitrogen and oxygen atoms in total. The van der Waals surface area contributed by atoms with E-state index in [-0.39, 0.29) is 5.75 Å². The van der Waals surface area contributed by atoms with Crippen LogP contribution < -0.4 is 9.64 Å². The van der Waals surface area contributed by atoms with Gasteiger partial charge < -0.3 is 14.7 Å². The molecule has 1 N–H and O–H groups in total. The summed E-state index contributed by atoms with van der Waals surface area (Å²) >= 11 is 1.72. The molecule has 1 aromatic carbocycles. The Bertz CT molecular complexity index is 968. The first-order valence-electron chi connectivity index (χ1n) is 9.13. The minimum absolute atomic E-state index is 0.195. The standard InChI is InChI=1S/C21H23N3O2S/c1-13(2)17-10-20(23-12-22-17)24-6-7-26-21-16(11-24)8-15(9-18(21)25)19-5-4-14(3)27-19/h4-5,8-10,12-13,25H,6-7,11H2,1-3H3. The van der Waals surface area contributed by atoms with Crippen LogP contribution in [0.5, 0.6) is 11.5 Å². The maximum atomic E-state index is 10.5. The van der Waals surface area contributed by atoms with Gasteiger partial charge in [0.05, 0.1) is 6.54 Å². The molecule has 2 aromatic heterocycles. The first-order valence-corrected chi connectivity index (χ1v) is 9.95. The van der Waals surface area contributed by atoms with E-state index in [9.17, 15) is 5.11 Å². The monoisotopic (exact) mass is 381 g/mol. The molecule has 0 amide bonds. The zero-order chi connectivity index (χ0) is 19.0. The van der Waals surface area contributed by atoms with Crippen molar-refractivity contribution in [3.05, 3.63) is 52.8 Å². The average molecular weight is 382 g/mol. The van der Waals surface area contributed by atoms with Crippen molar-refractivity contribution in [1.82, 2.24) is 9.97 Å². The molecule has 140 valence electrons. The second kappa shape index (κ2) is 7.19. The number of phenols is 1. The molecule has 3 aromatic rings. The topological polar surface area (TPSA) is 58.5 Å². The number of hydrogen-bond acceptors (Lipinski definition) is 6. The maximum absolute atomic E-state index is 10.5. The lowest BCUT2D eigenvalue weighted by Gasteiger charge is -2.21. The first-order chi connectivity index (χ1) is 13.0. The van der Waals surface area contributed by atoms with Crippen LogP contribution in [0.1, 0.15) is 35.9 Å². The molecular weight excluding hydrogens is 358 g/mol. The molecule has 0 spiro atoms. The Morgan fingerprint density at radius 2 is 2.04 bits per heavy atom. The summed E-state index contributed by atoms with van der Waals surface area (Å²) in [5, 5.41) is 10.5.